The van der Waals surface area contributed by atoms with E-state index >= 15 is 0 Å². The summed E-state index contributed by atoms with van der Waals surface area (Å²) < 4.78 is 0. The predicted molar refractivity (Wildman–Crippen MR) is 62.4 cm³/mol. The highest BCUT2D eigenvalue weighted by Crippen LogP contribution is 2.31. The van der Waals surface area contributed by atoms with Crippen LogP contribution in [-0.4, -0.2) is 34.7 Å². The average Bonchev–Trinajstić information content (AvgIpc) is 2.75. The summed E-state index contributed by atoms with van der Waals surface area (Å²) in [6.07, 6.45) is 2.67. The SMILES string of the molecule is CCCC(O)CNC(=O)C1CCC(C(=O)O)C1. The number of aliphatic hydroxyl groups excluding tert-OH is 1. The van der Waals surface area contributed by atoms with Gasteiger partial charge in [-0.25, -0.2) is 0 Å². The summed E-state index contributed by atoms with van der Waals surface area (Å²) in [5, 5.41) is 21.0. The van der Waals surface area contributed by atoms with E-state index in [1.807, 2.05) is 6.92 Å². The van der Waals surface area contributed by atoms with Crippen molar-refractivity contribution in [3.8, 4) is 0 Å². The molecule has 3 unspecified atom stereocenters. The van der Waals surface area contributed by atoms with E-state index in [2.05, 4.69) is 5.32 Å². The van der Waals surface area contributed by atoms with Gasteiger partial charge in [0.05, 0.1) is 12.0 Å². The Hall–Kier alpha value is -1.10. The van der Waals surface area contributed by atoms with E-state index in [1.54, 1.807) is 0 Å². The summed E-state index contributed by atoms with van der Waals surface area (Å²) >= 11 is 0. The molecule has 0 heterocycles. The maximum absolute atomic E-state index is 11.7. The average molecular weight is 243 g/mol. The molecule has 5 heteroatoms. The Morgan fingerprint density at radius 1 is 1.35 bits per heavy atom. The molecule has 3 N–H and O–H groups in total. The molecule has 1 aliphatic rings. The Balaban J connectivity index is 2.27. The molecule has 98 valence electrons. The third-order valence-corrected chi connectivity index (χ3v) is 3.29. The first-order chi connectivity index (χ1) is 8.04. The number of rotatable bonds is 6. The van der Waals surface area contributed by atoms with E-state index in [1.165, 1.54) is 0 Å². The molecular weight excluding hydrogens is 222 g/mol. The van der Waals surface area contributed by atoms with Crippen molar-refractivity contribution >= 4 is 11.9 Å². The molecular formula is C12H21NO4. The molecule has 0 saturated heterocycles. The van der Waals surface area contributed by atoms with Crippen molar-refractivity contribution in [2.75, 3.05) is 6.54 Å². The standard InChI is InChI=1S/C12H21NO4/c1-2-3-10(14)7-13-11(15)8-4-5-9(6-8)12(16)17/h8-10,14H,2-7H2,1H3,(H,13,15)(H,16,17). The van der Waals surface area contributed by atoms with Crippen LogP contribution >= 0.6 is 0 Å². The molecule has 0 spiro atoms. The molecule has 0 aromatic heterocycles. The zero-order valence-electron chi connectivity index (χ0n) is 10.2. The van der Waals surface area contributed by atoms with Crippen molar-refractivity contribution < 1.29 is 19.8 Å². The van der Waals surface area contributed by atoms with Gasteiger partial charge in [0.15, 0.2) is 0 Å². The number of carbonyl (C=O) groups is 2. The highest BCUT2D eigenvalue weighted by Gasteiger charge is 2.33. The monoisotopic (exact) mass is 243 g/mol. The maximum Gasteiger partial charge on any atom is 0.306 e. The number of aliphatic carboxylic acids is 1. The Kier molecular flexibility index (Phi) is 5.41. The van der Waals surface area contributed by atoms with Crippen LogP contribution in [0.5, 0.6) is 0 Å². The van der Waals surface area contributed by atoms with Crippen LogP contribution in [0.25, 0.3) is 0 Å². The molecule has 5 nitrogen and oxygen atoms in total. The second-order valence-corrected chi connectivity index (χ2v) is 4.73. The van der Waals surface area contributed by atoms with Gasteiger partial charge >= 0.3 is 5.97 Å². The van der Waals surface area contributed by atoms with Crippen molar-refractivity contribution in [2.24, 2.45) is 11.8 Å². The van der Waals surface area contributed by atoms with Gasteiger partial charge in [-0.15, -0.1) is 0 Å². The molecule has 0 radical (unpaired) electrons. The summed E-state index contributed by atoms with van der Waals surface area (Å²) in [7, 11) is 0. The Bertz CT molecular complexity index is 280. The van der Waals surface area contributed by atoms with Crippen LogP contribution in [0.3, 0.4) is 0 Å². The fraction of sp³-hybridized carbons (Fsp3) is 0.833. The van der Waals surface area contributed by atoms with Crippen LogP contribution in [0.2, 0.25) is 0 Å². The second-order valence-electron chi connectivity index (χ2n) is 4.73. The third-order valence-electron chi connectivity index (χ3n) is 3.29. The zero-order valence-corrected chi connectivity index (χ0v) is 10.2. The van der Waals surface area contributed by atoms with Gasteiger partial charge in [-0.1, -0.05) is 13.3 Å². The van der Waals surface area contributed by atoms with Crippen molar-refractivity contribution in [1.29, 1.82) is 0 Å². The Morgan fingerprint density at radius 3 is 2.53 bits per heavy atom. The molecule has 17 heavy (non-hydrogen) atoms. The summed E-state index contributed by atoms with van der Waals surface area (Å²) in [4.78, 5) is 22.5. The fourth-order valence-corrected chi connectivity index (χ4v) is 2.24. The number of carboxylic acid groups (broad SMARTS) is 1. The smallest absolute Gasteiger partial charge is 0.306 e. The molecule has 0 aromatic carbocycles. The van der Waals surface area contributed by atoms with Crippen molar-refractivity contribution in [3.05, 3.63) is 0 Å². The minimum Gasteiger partial charge on any atom is -0.481 e. The van der Waals surface area contributed by atoms with Crippen LogP contribution in [0, 0.1) is 11.8 Å². The van der Waals surface area contributed by atoms with Crippen molar-refractivity contribution in [2.45, 2.75) is 45.1 Å². The van der Waals surface area contributed by atoms with E-state index in [-0.39, 0.29) is 24.3 Å². The van der Waals surface area contributed by atoms with E-state index < -0.39 is 12.1 Å². The predicted octanol–water partition coefficient (Wildman–Crippen LogP) is 0.764. The van der Waals surface area contributed by atoms with Crippen molar-refractivity contribution in [3.63, 3.8) is 0 Å². The van der Waals surface area contributed by atoms with Crippen LogP contribution in [-0.2, 0) is 9.59 Å². The van der Waals surface area contributed by atoms with Crippen LogP contribution < -0.4 is 5.32 Å². The second kappa shape index (κ2) is 6.59. The van der Waals surface area contributed by atoms with Gasteiger partial charge in [-0.2, -0.15) is 0 Å². The molecule has 0 aromatic rings. The third kappa shape index (κ3) is 4.34. The molecule has 1 saturated carbocycles. The van der Waals surface area contributed by atoms with Crippen LogP contribution in [0.15, 0.2) is 0 Å². The largest absolute Gasteiger partial charge is 0.481 e. The minimum absolute atomic E-state index is 0.121. The number of carbonyl (C=O) groups excluding carboxylic acids is 1. The lowest BCUT2D eigenvalue weighted by atomic mass is 10.0. The molecule has 1 amide bonds. The van der Waals surface area contributed by atoms with Gasteiger partial charge < -0.3 is 15.5 Å². The van der Waals surface area contributed by atoms with Gasteiger partial charge in [0.25, 0.3) is 0 Å². The molecule has 0 bridgehead atoms. The summed E-state index contributed by atoms with van der Waals surface area (Å²) in [6.45, 7) is 2.24. The number of aliphatic hydroxyl groups is 1. The van der Waals surface area contributed by atoms with E-state index in [0.717, 1.165) is 6.42 Å². The topological polar surface area (TPSA) is 86.6 Å². The Morgan fingerprint density at radius 2 is 2.00 bits per heavy atom. The number of nitrogens with one attached hydrogen (secondary N) is 1. The van der Waals surface area contributed by atoms with Crippen LogP contribution in [0.1, 0.15) is 39.0 Å². The van der Waals surface area contributed by atoms with Gasteiger partial charge in [0, 0.05) is 12.5 Å². The molecule has 1 fully saturated rings. The first-order valence-corrected chi connectivity index (χ1v) is 6.23. The molecule has 3 atom stereocenters. The highest BCUT2D eigenvalue weighted by molar-refractivity contribution is 5.80. The number of hydrogen-bond acceptors (Lipinski definition) is 3. The van der Waals surface area contributed by atoms with Crippen molar-refractivity contribution in [1.82, 2.24) is 5.32 Å². The maximum atomic E-state index is 11.7. The van der Waals surface area contributed by atoms with Gasteiger partial charge in [-0.3, -0.25) is 9.59 Å². The number of carboxylic acids is 1. The molecule has 1 aliphatic carbocycles. The molecule has 1 rings (SSSR count). The van der Waals surface area contributed by atoms with Gasteiger partial charge in [0.1, 0.15) is 0 Å². The fourth-order valence-electron chi connectivity index (χ4n) is 2.24. The lowest BCUT2D eigenvalue weighted by molar-refractivity contribution is -0.141. The molecule has 0 aliphatic heterocycles. The quantitative estimate of drug-likeness (QED) is 0.643. The first-order valence-electron chi connectivity index (χ1n) is 6.23. The first kappa shape index (κ1) is 14.0. The lowest BCUT2D eigenvalue weighted by Crippen LogP contribution is -2.35. The van der Waals surface area contributed by atoms with Gasteiger partial charge in [0.2, 0.25) is 5.91 Å². The highest BCUT2D eigenvalue weighted by atomic mass is 16.4. The summed E-state index contributed by atoms with van der Waals surface area (Å²) in [5.74, 6) is -1.52. The van der Waals surface area contributed by atoms with E-state index in [9.17, 15) is 14.7 Å². The lowest BCUT2D eigenvalue weighted by Gasteiger charge is -2.14. The summed E-state index contributed by atoms with van der Waals surface area (Å²) in [5.41, 5.74) is 0. The summed E-state index contributed by atoms with van der Waals surface area (Å²) in [6, 6.07) is 0. The minimum atomic E-state index is -0.814. The zero-order chi connectivity index (χ0) is 12.8. The van der Waals surface area contributed by atoms with Crippen LogP contribution in [0.4, 0.5) is 0 Å². The van der Waals surface area contributed by atoms with E-state index in [4.69, 9.17) is 5.11 Å². The number of hydrogen-bond donors (Lipinski definition) is 3. The number of amides is 1. The Labute approximate surface area is 101 Å². The van der Waals surface area contributed by atoms with Gasteiger partial charge in [-0.05, 0) is 25.7 Å². The normalized spacial score (nSPS) is 25.5. The van der Waals surface area contributed by atoms with E-state index in [0.29, 0.717) is 25.7 Å².